The predicted octanol–water partition coefficient (Wildman–Crippen LogP) is 0.0836. The molecule has 276 valence electrons. The smallest absolute Gasteiger partial charge is 0.332 e. The van der Waals surface area contributed by atoms with Crippen molar-refractivity contribution in [2.75, 3.05) is 37.9 Å². The fourth-order valence-corrected chi connectivity index (χ4v) is 6.08. The minimum absolute atomic E-state index is 0.0715. The highest BCUT2D eigenvalue weighted by molar-refractivity contribution is 5.84. The standard InChI is InChI=1S/C33H41N11O8/c1-6-35-29(47)25-23(45)24(46)31(52-25)44-16-37-21-26(34)39-32(40-27(21)44)36-13-14-51-18-11-9-17(15-19(18)50-5)10-12-20-38-28-22(41(20)4)30(48)43(8-3)33(49)42(28)7-2/h9-12,15-16,23-25,31,45-46H,6-8,13-14H2,1-5H3,(H,35,47)(H3,34,36,39,40)/b12-10+/t23-,24+,25-,31+/m0/s1. The van der Waals surface area contributed by atoms with E-state index in [1.54, 1.807) is 43.7 Å². The maximum absolute atomic E-state index is 13.0. The van der Waals surface area contributed by atoms with E-state index in [2.05, 4.69) is 30.6 Å². The molecule has 4 atom stereocenters. The third kappa shape index (κ3) is 6.44. The normalized spacial score (nSPS) is 18.8. The van der Waals surface area contributed by atoms with Crippen molar-refractivity contribution in [1.29, 1.82) is 0 Å². The second-order valence-electron chi connectivity index (χ2n) is 11.9. The number of hydrogen-bond donors (Lipinski definition) is 5. The molecule has 19 heteroatoms. The van der Waals surface area contributed by atoms with E-state index in [1.165, 1.54) is 27.1 Å². The molecule has 52 heavy (non-hydrogen) atoms. The highest BCUT2D eigenvalue weighted by Crippen LogP contribution is 2.33. The summed E-state index contributed by atoms with van der Waals surface area (Å²) < 4.78 is 23.0. The number of methoxy groups -OCH3 is 1. The number of ether oxygens (including phenoxy) is 3. The van der Waals surface area contributed by atoms with Crippen LogP contribution in [0.4, 0.5) is 11.8 Å². The molecule has 0 aliphatic carbocycles. The van der Waals surface area contributed by atoms with Crippen LogP contribution in [0.5, 0.6) is 11.5 Å². The second-order valence-corrected chi connectivity index (χ2v) is 11.9. The van der Waals surface area contributed by atoms with Gasteiger partial charge in [0.1, 0.15) is 30.2 Å². The Bertz CT molecular complexity index is 2270. The Kier molecular flexibility index (Phi) is 10.3. The second kappa shape index (κ2) is 14.8. The Labute approximate surface area is 296 Å². The minimum atomic E-state index is -1.46. The molecule has 1 fully saturated rings. The average molecular weight is 720 g/mol. The van der Waals surface area contributed by atoms with E-state index in [4.69, 9.17) is 19.9 Å². The van der Waals surface area contributed by atoms with Gasteiger partial charge in [-0.15, -0.1) is 0 Å². The van der Waals surface area contributed by atoms with Gasteiger partial charge in [-0.25, -0.2) is 14.8 Å². The topological polar surface area (TPSA) is 241 Å². The number of aromatic nitrogens is 8. The molecule has 1 amide bonds. The van der Waals surface area contributed by atoms with Crippen LogP contribution in [0, 0.1) is 0 Å². The van der Waals surface area contributed by atoms with Crippen molar-refractivity contribution < 1.29 is 29.2 Å². The third-order valence-corrected chi connectivity index (χ3v) is 8.73. The number of rotatable bonds is 13. The van der Waals surface area contributed by atoms with Crippen LogP contribution in [-0.2, 0) is 29.7 Å². The van der Waals surface area contributed by atoms with Gasteiger partial charge >= 0.3 is 5.69 Å². The first-order valence-corrected chi connectivity index (χ1v) is 16.7. The lowest BCUT2D eigenvalue weighted by Crippen LogP contribution is -2.42. The summed E-state index contributed by atoms with van der Waals surface area (Å²) in [6.07, 6.45) is -0.391. The van der Waals surface area contributed by atoms with Gasteiger partial charge in [0, 0.05) is 26.7 Å². The summed E-state index contributed by atoms with van der Waals surface area (Å²) in [7, 11) is 3.27. The van der Waals surface area contributed by atoms with Gasteiger partial charge in [0.15, 0.2) is 46.5 Å². The van der Waals surface area contributed by atoms with Gasteiger partial charge in [0.2, 0.25) is 5.95 Å². The summed E-state index contributed by atoms with van der Waals surface area (Å²) in [5.41, 5.74) is 7.33. The van der Waals surface area contributed by atoms with Crippen LogP contribution in [0.3, 0.4) is 0 Å². The Balaban J connectivity index is 1.13. The number of nitrogen functional groups attached to an aromatic ring is 1. The molecule has 0 spiro atoms. The number of carbonyl (C=O) groups excluding carboxylic acids is 1. The lowest BCUT2D eigenvalue weighted by Gasteiger charge is -2.17. The number of imidazole rings is 2. The first kappa shape index (κ1) is 36.0. The van der Waals surface area contributed by atoms with Gasteiger partial charge in [0.25, 0.3) is 11.5 Å². The zero-order valence-electron chi connectivity index (χ0n) is 29.3. The van der Waals surface area contributed by atoms with Crippen molar-refractivity contribution in [3.63, 3.8) is 0 Å². The summed E-state index contributed by atoms with van der Waals surface area (Å²) in [6, 6.07) is 5.39. The van der Waals surface area contributed by atoms with Crippen LogP contribution >= 0.6 is 0 Å². The minimum Gasteiger partial charge on any atom is -0.493 e. The van der Waals surface area contributed by atoms with Crippen molar-refractivity contribution in [1.82, 2.24) is 43.5 Å². The quantitative estimate of drug-likeness (QED) is 0.101. The van der Waals surface area contributed by atoms with E-state index in [0.717, 1.165) is 5.56 Å². The van der Waals surface area contributed by atoms with E-state index < -0.39 is 30.4 Å². The molecule has 0 radical (unpaired) electrons. The average Bonchev–Trinajstić information content (AvgIpc) is 3.79. The monoisotopic (exact) mass is 719 g/mol. The number of hydrogen-bond acceptors (Lipinski definition) is 14. The SMILES string of the molecule is CCNC(=O)[C@H]1O[C@@H](n2cnc3c(N)nc(NCCOc4ccc(/C=C/c5nc6c(c(=O)n(CC)c(=O)n6CC)n5C)cc4OC)nc32)[C@H](O)[C@@H]1O. The fraction of sp³-hybridized carbons (Fsp3) is 0.424. The van der Waals surface area contributed by atoms with Gasteiger partial charge in [0.05, 0.1) is 20.0 Å². The van der Waals surface area contributed by atoms with Gasteiger partial charge in [-0.3, -0.25) is 23.3 Å². The first-order chi connectivity index (χ1) is 25.0. The number of aliphatic hydroxyl groups excluding tert-OH is 2. The Hall–Kier alpha value is -5.79. The lowest BCUT2D eigenvalue weighted by atomic mass is 10.1. The maximum Gasteiger partial charge on any atom is 0.332 e. The summed E-state index contributed by atoms with van der Waals surface area (Å²) >= 11 is 0. The number of nitrogens with one attached hydrogen (secondary N) is 2. The van der Waals surface area contributed by atoms with Gasteiger partial charge in [-0.2, -0.15) is 9.97 Å². The Morgan fingerprint density at radius 1 is 1.04 bits per heavy atom. The number of carbonyl (C=O) groups is 1. The van der Waals surface area contributed by atoms with Gasteiger partial charge in [-0.1, -0.05) is 12.1 Å². The number of anilines is 2. The largest absolute Gasteiger partial charge is 0.493 e. The highest BCUT2D eigenvalue weighted by Gasteiger charge is 2.47. The van der Waals surface area contributed by atoms with E-state index in [-0.39, 0.29) is 53.9 Å². The zero-order valence-corrected chi connectivity index (χ0v) is 29.3. The maximum atomic E-state index is 13.0. The van der Waals surface area contributed by atoms with Crippen LogP contribution in [0.1, 0.15) is 38.4 Å². The number of benzene rings is 1. The van der Waals surface area contributed by atoms with Crippen LogP contribution in [0.2, 0.25) is 0 Å². The molecule has 6 N–H and O–H groups in total. The Morgan fingerprint density at radius 3 is 2.52 bits per heavy atom. The molecule has 5 aromatic rings. The molecule has 1 saturated heterocycles. The molecule has 0 unspecified atom stereocenters. The summed E-state index contributed by atoms with van der Waals surface area (Å²) in [5, 5.41) is 26.8. The van der Waals surface area contributed by atoms with Crippen molar-refractivity contribution in [2.24, 2.45) is 7.05 Å². The number of nitrogens with zero attached hydrogens (tertiary/aromatic N) is 8. The molecule has 1 aliphatic rings. The third-order valence-electron chi connectivity index (χ3n) is 8.73. The highest BCUT2D eigenvalue weighted by atomic mass is 16.6. The van der Waals surface area contributed by atoms with E-state index in [1.807, 2.05) is 19.1 Å². The summed E-state index contributed by atoms with van der Waals surface area (Å²) in [4.78, 5) is 55.7. The molecule has 4 aromatic heterocycles. The zero-order chi connectivity index (χ0) is 37.3. The molecule has 1 aliphatic heterocycles. The molecule has 1 aromatic carbocycles. The predicted molar refractivity (Wildman–Crippen MR) is 191 cm³/mol. The number of fused-ring (bicyclic) bond motifs is 2. The van der Waals surface area contributed by atoms with Crippen LogP contribution < -0.4 is 37.1 Å². The number of nitrogens with two attached hydrogens (primary N) is 1. The fourth-order valence-electron chi connectivity index (χ4n) is 6.08. The van der Waals surface area contributed by atoms with Crippen molar-refractivity contribution in [2.45, 2.75) is 58.4 Å². The molecule has 19 nitrogen and oxygen atoms in total. The van der Waals surface area contributed by atoms with Crippen molar-refractivity contribution in [3.05, 3.63) is 56.8 Å². The number of likely N-dealkylation sites (N-methyl/N-ethyl adjacent to an activating group) is 1. The molecule has 0 saturated carbocycles. The van der Waals surface area contributed by atoms with Crippen molar-refractivity contribution >= 4 is 52.2 Å². The van der Waals surface area contributed by atoms with Crippen LogP contribution in [0.25, 0.3) is 34.5 Å². The summed E-state index contributed by atoms with van der Waals surface area (Å²) in [5.74, 6) is 1.15. The summed E-state index contributed by atoms with van der Waals surface area (Å²) in [6.45, 7) is 6.74. The molecule has 0 bridgehead atoms. The Morgan fingerprint density at radius 2 is 1.81 bits per heavy atom. The lowest BCUT2D eigenvalue weighted by molar-refractivity contribution is -0.137. The number of aliphatic hydroxyl groups is 2. The first-order valence-electron chi connectivity index (χ1n) is 16.7. The van der Waals surface area contributed by atoms with Gasteiger partial charge < -0.3 is 45.4 Å². The van der Waals surface area contributed by atoms with Crippen LogP contribution in [0.15, 0.2) is 34.1 Å². The van der Waals surface area contributed by atoms with E-state index >= 15 is 0 Å². The molecular formula is C33H41N11O8. The van der Waals surface area contributed by atoms with Crippen molar-refractivity contribution in [3.8, 4) is 11.5 Å². The molecule has 6 rings (SSSR count). The van der Waals surface area contributed by atoms with Gasteiger partial charge in [-0.05, 0) is 44.5 Å². The van der Waals surface area contributed by atoms with E-state index in [0.29, 0.717) is 41.6 Å². The van der Waals surface area contributed by atoms with E-state index in [9.17, 15) is 24.6 Å². The number of aryl methyl sites for hydroxylation is 2. The number of amides is 1. The molecular weight excluding hydrogens is 678 g/mol. The molecule has 5 heterocycles. The van der Waals surface area contributed by atoms with Crippen LogP contribution in [-0.4, -0.2) is 99.4 Å².